The van der Waals surface area contributed by atoms with Crippen molar-refractivity contribution in [2.75, 3.05) is 0 Å². The minimum absolute atomic E-state index is 0.147. The van der Waals surface area contributed by atoms with E-state index in [2.05, 4.69) is 15.4 Å². The van der Waals surface area contributed by atoms with E-state index in [1.165, 1.54) is 0 Å². The molecule has 6 heteroatoms. The molecule has 0 aliphatic carbocycles. The highest BCUT2D eigenvalue weighted by Crippen LogP contribution is 2.23. The average molecular weight is 386 g/mol. The first-order chi connectivity index (χ1) is 14.0. The number of carbonyl (C=O) groups is 1. The fourth-order valence-electron chi connectivity index (χ4n) is 3.37. The zero-order chi connectivity index (χ0) is 20.4. The fourth-order valence-corrected chi connectivity index (χ4v) is 3.37. The van der Waals surface area contributed by atoms with Crippen molar-refractivity contribution in [2.45, 2.75) is 20.4 Å². The maximum Gasteiger partial charge on any atom is 0.252 e. The van der Waals surface area contributed by atoms with E-state index in [0.717, 1.165) is 33.8 Å². The van der Waals surface area contributed by atoms with Gasteiger partial charge in [0.2, 0.25) is 0 Å². The molecule has 0 bridgehead atoms. The predicted molar refractivity (Wildman–Crippen MR) is 112 cm³/mol. The van der Waals surface area contributed by atoms with Gasteiger partial charge >= 0.3 is 0 Å². The Morgan fingerprint density at radius 1 is 1.03 bits per heavy atom. The van der Waals surface area contributed by atoms with Crippen molar-refractivity contribution in [2.24, 2.45) is 7.05 Å². The molecule has 2 aromatic carbocycles. The standard InChI is InChI=1S/C23H22N4O2/c1-15-12-20(21-16(2)26-27(3)22(21)25-15)23(28)24-14-17-8-7-11-19(13-17)29-18-9-5-4-6-10-18/h4-13H,14H2,1-3H3,(H,24,28). The molecule has 0 spiro atoms. The van der Waals surface area contributed by atoms with Gasteiger partial charge in [-0.25, -0.2) is 4.98 Å². The van der Waals surface area contributed by atoms with Crippen LogP contribution in [-0.4, -0.2) is 20.7 Å². The van der Waals surface area contributed by atoms with Crippen molar-refractivity contribution >= 4 is 16.9 Å². The minimum atomic E-state index is -0.147. The number of benzene rings is 2. The van der Waals surface area contributed by atoms with Crippen molar-refractivity contribution in [3.8, 4) is 11.5 Å². The lowest BCUT2D eigenvalue weighted by Crippen LogP contribution is -2.23. The van der Waals surface area contributed by atoms with Crippen molar-refractivity contribution in [1.29, 1.82) is 0 Å². The molecule has 6 nitrogen and oxygen atoms in total. The lowest BCUT2D eigenvalue weighted by Gasteiger charge is -2.10. The first-order valence-corrected chi connectivity index (χ1v) is 9.42. The van der Waals surface area contributed by atoms with Gasteiger partial charge in [-0.1, -0.05) is 30.3 Å². The number of fused-ring (bicyclic) bond motifs is 1. The molecule has 0 atom stereocenters. The summed E-state index contributed by atoms with van der Waals surface area (Å²) in [7, 11) is 1.84. The number of ether oxygens (including phenoxy) is 1. The Labute approximate surface area is 169 Å². The average Bonchev–Trinajstić information content (AvgIpc) is 3.00. The Bertz CT molecular complexity index is 1180. The third-order valence-electron chi connectivity index (χ3n) is 4.67. The van der Waals surface area contributed by atoms with Crippen LogP contribution in [0.2, 0.25) is 0 Å². The third kappa shape index (κ3) is 3.96. The molecule has 0 radical (unpaired) electrons. The molecule has 4 rings (SSSR count). The van der Waals surface area contributed by atoms with Crippen LogP contribution < -0.4 is 10.1 Å². The van der Waals surface area contributed by atoms with E-state index in [0.29, 0.717) is 17.8 Å². The van der Waals surface area contributed by atoms with Crippen molar-refractivity contribution in [1.82, 2.24) is 20.1 Å². The second-order valence-electron chi connectivity index (χ2n) is 6.96. The summed E-state index contributed by atoms with van der Waals surface area (Å²) in [6.45, 7) is 4.16. The topological polar surface area (TPSA) is 69.0 Å². The van der Waals surface area contributed by atoms with E-state index in [4.69, 9.17) is 4.74 Å². The van der Waals surface area contributed by atoms with Gasteiger partial charge in [0.25, 0.3) is 5.91 Å². The SMILES string of the molecule is Cc1cc(C(=O)NCc2cccc(Oc3ccccc3)c2)c2c(C)nn(C)c2n1. The Balaban J connectivity index is 1.52. The van der Waals surface area contributed by atoms with Gasteiger partial charge in [-0.3, -0.25) is 9.48 Å². The second-order valence-corrected chi connectivity index (χ2v) is 6.96. The fraction of sp³-hybridized carbons (Fsp3) is 0.174. The Morgan fingerprint density at radius 3 is 2.59 bits per heavy atom. The molecule has 29 heavy (non-hydrogen) atoms. The summed E-state index contributed by atoms with van der Waals surface area (Å²) in [5, 5.41) is 8.19. The van der Waals surface area contributed by atoms with Crippen molar-refractivity contribution in [3.05, 3.63) is 83.2 Å². The normalized spacial score (nSPS) is 10.9. The number of amides is 1. The van der Waals surface area contributed by atoms with Crippen molar-refractivity contribution in [3.63, 3.8) is 0 Å². The molecule has 0 aliphatic heterocycles. The van der Waals surface area contributed by atoms with E-state index in [1.807, 2.05) is 75.5 Å². The number of para-hydroxylation sites is 1. The molecule has 0 saturated carbocycles. The molecular weight excluding hydrogens is 364 g/mol. The zero-order valence-electron chi connectivity index (χ0n) is 16.6. The number of carbonyl (C=O) groups excluding carboxylic acids is 1. The minimum Gasteiger partial charge on any atom is -0.457 e. The molecule has 146 valence electrons. The molecule has 0 aliphatic rings. The highest BCUT2D eigenvalue weighted by Gasteiger charge is 2.17. The summed E-state index contributed by atoms with van der Waals surface area (Å²) in [6, 6.07) is 19.1. The maximum absolute atomic E-state index is 12.9. The number of rotatable bonds is 5. The van der Waals surface area contributed by atoms with Crippen LogP contribution in [0.3, 0.4) is 0 Å². The van der Waals surface area contributed by atoms with Crippen LogP contribution in [0.1, 0.15) is 27.3 Å². The lowest BCUT2D eigenvalue weighted by atomic mass is 10.1. The van der Waals surface area contributed by atoms with Crippen LogP contribution >= 0.6 is 0 Å². The third-order valence-corrected chi connectivity index (χ3v) is 4.67. The van der Waals surface area contributed by atoms with E-state index >= 15 is 0 Å². The first-order valence-electron chi connectivity index (χ1n) is 9.42. The van der Waals surface area contributed by atoms with E-state index < -0.39 is 0 Å². The molecule has 4 aromatic rings. The predicted octanol–water partition coefficient (Wildman–Crippen LogP) is 4.31. The number of hydrogen-bond acceptors (Lipinski definition) is 4. The first kappa shape index (κ1) is 18.7. The van der Waals surface area contributed by atoms with Gasteiger partial charge in [0.05, 0.1) is 16.6 Å². The summed E-state index contributed by atoms with van der Waals surface area (Å²) < 4.78 is 7.58. The molecule has 2 aromatic heterocycles. The van der Waals surface area contributed by atoms with Crippen LogP contribution in [-0.2, 0) is 13.6 Å². The van der Waals surface area contributed by atoms with Crippen molar-refractivity contribution < 1.29 is 9.53 Å². The number of aromatic nitrogens is 3. The van der Waals surface area contributed by atoms with Crippen LogP contribution in [0.5, 0.6) is 11.5 Å². The second kappa shape index (κ2) is 7.75. The summed E-state index contributed by atoms with van der Waals surface area (Å²) in [4.78, 5) is 17.4. The zero-order valence-corrected chi connectivity index (χ0v) is 16.6. The largest absolute Gasteiger partial charge is 0.457 e. The van der Waals surface area contributed by atoms with E-state index in [-0.39, 0.29) is 5.91 Å². The number of hydrogen-bond donors (Lipinski definition) is 1. The molecule has 0 fully saturated rings. The van der Waals surface area contributed by atoms with Gasteiger partial charge in [-0.15, -0.1) is 0 Å². The smallest absolute Gasteiger partial charge is 0.252 e. The van der Waals surface area contributed by atoms with Crippen LogP contribution in [0.4, 0.5) is 0 Å². The number of pyridine rings is 1. The Morgan fingerprint density at radius 2 is 1.79 bits per heavy atom. The number of nitrogens with one attached hydrogen (secondary N) is 1. The van der Waals surface area contributed by atoms with E-state index in [1.54, 1.807) is 10.7 Å². The monoisotopic (exact) mass is 386 g/mol. The quantitative estimate of drug-likeness (QED) is 0.555. The van der Waals surface area contributed by atoms with Gasteiger partial charge in [-0.2, -0.15) is 5.10 Å². The molecule has 2 heterocycles. The lowest BCUT2D eigenvalue weighted by molar-refractivity contribution is 0.0952. The van der Waals surface area contributed by atoms with Gasteiger partial charge < -0.3 is 10.1 Å². The number of aryl methyl sites for hydroxylation is 3. The highest BCUT2D eigenvalue weighted by atomic mass is 16.5. The molecular formula is C23H22N4O2. The van der Waals surface area contributed by atoms with Crippen LogP contribution in [0, 0.1) is 13.8 Å². The van der Waals surface area contributed by atoms with Gasteiger partial charge in [-0.05, 0) is 49.7 Å². The molecule has 1 N–H and O–H groups in total. The summed E-state index contributed by atoms with van der Waals surface area (Å²) in [5.74, 6) is 1.36. The van der Waals surface area contributed by atoms with Gasteiger partial charge in [0.1, 0.15) is 11.5 Å². The Hall–Kier alpha value is -3.67. The summed E-state index contributed by atoms with van der Waals surface area (Å²) in [5.41, 5.74) is 3.83. The summed E-state index contributed by atoms with van der Waals surface area (Å²) >= 11 is 0. The molecule has 0 saturated heterocycles. The summed E-state index contributed by atoms with van der Waals surface area (Å²) in [6.07, 6.45) is 0. The molecule has 1 amide bonds. The van der Waals surface area contributed by atoms with Gasteiger partial charge in [0, 0.05) is 19.3 Å². The van der Waals surface area contributed by atoms with Crippen LogP contribution in [0.25, 0.3) is 11.0 Å². The van der Waals surface area contributed by atoms with E-state index in [9.17, 15) is 4.79 Å². The highest BCUT2D eigenvalue weighted by molar-refractivity contribution is 6.06. The maximum atomic E-state index is 12.9. The van der Waals surface area contributed by atoms with Gasteiger partial charge in [0.15, 0.2) is 5.65 Å². The molecule has 0 unspecified atom stereocenters. The Kier molecular flexibility index (Phi) is 4.99. The van der Waals surface area contributed by atoms with Crippen LogP contribution in [0.15, 0.2) is 60.7 Å². The number of nitrogens with zero attached hydrogens (tertiary/aromatic N) is 3.